The number of methoxy groups -OCH3 is 1. The van der Waals surface area contributed by atoms with Crippen LogP contribution in [0.15, 0.2) is 42.5 Å². The predicted octanol–water partition coefficient (Wildman–Crippen LogP) is 4.15. The van der Waals surface area contributed by atoms with Crippen molar-refractivity contribution in [2.24, 2.45) is 0 Å². The van der Waals surface area contributed by atoms with Gasteiger partial charge in [0.05, 0.1) is 18.2 Å². The molecule has 6 rings (SSSR count). The Balaban J connectivity index is 1.52. The van der Waals surface area contributed by atoms with Crippen molar-refractivity contribution in [3.63, 3.8) is 0 Å². The topological polar surface area (TPSA) is 83.4 Å². The molecule has 2 aliphatic heterocycles. The van der Waals surface area contributed by atoms with E-state index in [9.17, 15) is 5.11 Å². The van der Waals surface area contributed by atoms with Crippen LogP contribution in [0.5, 0.6) is 11.8 Å². The van der Waals surface area contributed by atoms with E-state index in [1.54, 1.807) is 19.2 Å². The Kier molecular flexibility index (Phi) is 4.55. The van der Waals surface area contributed by atoms with Gasteiger partial charge >= 0.3 is 6.01 Å². The SMILES string of the molecule is COc1nc(N2CC3CC[C@H](C2)N3)c2ccc(-c3cc(O)cc4cccc(Cl)c34)nc2n1. The number of halogens is 1. The summed E-state index contributed by atoms with van der Waals surface area (Å²) in [5, 5.41) is 17.1. The zero-order valence-corrected chi connectivity index (χ0v) is 18.3. The molecular formula is C24H22ClN5O2. The van der Waals surface area contributed by atoms with Gasteiger partial charge in [0.15, 0.2) is 5.65 Å². The highest BCUT2D eigenvalue weighted by Crippen LogP contribution is 2.37. The van der Waals surface area contributed by atoms with E-state index in [1.165, 1.54) is 12.8 Å². The van der Waals surface area contributed by atoms with Crippen LogP contribution in [0.25, 0.3) is 33.1 Å². The summed E-state index contributed by atoms with van der Waals surface area (Å²) >= 11 is 6.52. The molecule has 2 aromatic heterocycles. The van der Waals surface area contributed by atoms with Crippen molar-refractivity contribution in [2.45, 2.75) is 24.9 Å². The van der Waals surface area contributed by atoms with Crippen molar-refractivity contribution in [1.29, 1.82) is 0 Å². The normalized spacial score (nSPS) is 20.2. The molecule has 4 heterocycles. The van der Waals surface area contributed by atoms with Gasteiger partial charge in [-0.1, -0.05) is 23.7 Å². The lowest BCUT2D eigenvalue weighted by molar-refractivity contribution is 0.380. The van der Waals surface area contributed by atoms with Crippen LogP contribution in [-0.4, -0.2) is 52.3 Å². The largest absolute Gasteiger partial charge is 0.508 e. The molecule has 0 spiro atoms. The molecule has 162 valence electrons. The molecule has 2 aromatic carbocycles. The summed E-state index contributed by atoms with van der Waals surface area (Å²) in [7, 11) is 1.57. The molecule has 0 aliphatic carbocycles. The van der Waals surface area contributed by atoms with Crippen LogP contribution < -0.4 is 15.0 Å². The maximum absolute atomic E-state index is 10.3. The van der Waals surface area contributed by atoms with Gasteiger partial charge in [0.2, 0.25) is 0 Å². The van der Waals surface area contributed by atoms with Gasteiger partial charge in [-0.3, -0.25) is 0 Å². The molecule has 2 fully saturated rings. The summed E-state index contributed by atoms with van der Waals surface area (Å²) in [6.07, 6.45) is 2.38. The van der Waals surface area contributed by atoms with Crippen molar-refractivity contribution in [3.05, 3.63) is 47.5 Å². The Bertz CT molecular complexity index is 1350. The first-order chi connectivity index (χ1) is 15.6. The molecule has 0 radical (unpaired) electrons. The van der Waals surface area contributed by atoms with E-state index in [4.69, 9.17) is 21.3 Å². The van der Waals surface area contributed by atoms with Gasteiger partial charge in [-0.2, -0.15) is 9.97 Å². The van der Waals surface area contributed by atoms with Crippen molar-refractivity contribution >= 4 is 39.2 Å². The molecule has 2 bridgehead atoms. The van der Waals surface area contributed by atoms with E-state index in [-0.39, 0.29) is 5.75 Å². The first kappa shape index (κ1) is 19.5. The number of nitrogens with zero attached hydrogens (tertiary/aromatic N) is 4. The molecule has 8 heteroatoms. The fraction of sp³-hybridized carbons (Fsp3) is 0.292. The van der Waals surface area contributed by atoms with Crippen molar-refractivity contribution in [3.8, 4) is 23.0 Å². The Morgan fingerprint density at radius 3 is 2.66 bits per heavy atom. The van der Waals surface area contributed by atoms with E-state index >= 15 is 0 Å². The fourth-order valence-corrected chi connectivity index (χ4v) is 5.28. The zero-order chi connectivity index (χ0) is 21.8. The molecule has 2 saturated heterocycles. The number of piperazine rings is 1. The smallest absolute Gasteiger partial charge is 0.320 e. The van der Waals surface area contributed by atoms with E-state index in [0.717, 1.165) is 40.6 Å². The minimum absolute atomic E-state index is 0.161. The number of nitrogens with one attached hydrogen (secondary N) is 1. The predicted molar refractivity (Wildman–Crippen MR) is 126 cm³/mol. The molecule has 2 atom stereocenters. The summed E-state index contributed by atoms with van der Waals surface area (Å²) in [6.45, 7) is 1.81. The number of fused-ring (bicyclic) bond motifs is 4. The number of hydrogen-bond donors (Lipinski definition) is 2. The monoisotopic (exact) mass is 447 g/mol. The van der Waals surface area contributed by atoms with Gasteiger partial charge in [0.1, 0.15) is 11.6 Å². The third-order valence-electron chi connectivity index (χ3n) is 6.40. The number of aromatic nitrogens is 3. The van der Waals surface area contributed by atoms with E-state index in [1.807, 2.05) is 30.3 Å². The second kappa shape index (κ2) is 7.46. The second-order valence-electron chi connectivity index (χ2n) is 8.48. The molecule has 2 N–H and O–H groups in total. The molecule has 4 aromatic rings. The number of phenolic OH excluding ortho intramolecular Hbond substituents is 1. The summed E-state index contributed by atoms with van der Waals surface area (Å²) in [5.41, 5.74) is 1.99. The molecule has 7 nitrogen and oxygen atoms in total. The van der Waals surface area contributed by atoms with Crippen LogP contribution >= 0.6 is 11.6 Å². The maximum atomic E-state index is 10.3. The molecule has 0 amide bonds. The van der Waals surface area contributed by atoms with Gasteiger partial charge in [0, 0.05) is 41.1 Å². The number of rotatable bonds is 3. The number of phenols is 1. The van der Waals surface area contributed by atoms with Gasteiger partial charge in [-0.25, -0.2) is 4.98 Å². The lowest BCUT2D eigenvalue weighted by atomic mass is 10.0. The van der Waals surface area contributed by atoms with Crippen LogP contribution in [0.4, 0.5) is 5.82 Å². The number of pyridine rings is 1. The number of aromatic hydroxyl groups is 1. The van der Waals surface area contributed by atoms with Crippen LogP contribution in [0.1, 0.15) is 12.8 Å². The Hall–Kier alpha value is -3.16. The standard InChI is InChI=1S/C24H22ClN5O2/c1-32-24-28-22-17(23(29-24)30-11-14-5-6-15(12-30)26-14)7-8-20(27-22)18-10-16(31)9-13-3-2-4-19(25)21(13)18/h2-4,7-10,14-15,26,31H,5-6,11-12H2,1H3/t14-,15?/m1/s1. The number of ether oxygens (including phenoxy) is 1. The third kappa shape index (κ3) is 3.20. The molecule has 32 heavy (non-hydrogen) atoms. The Morgan fingerprint density at radius 2 is 1.88 bits per heavy atom. The summed E-state index contributed by atoms with van der Waals surface area (Å²) in [5.74, 6) is 1.01. The third-order valence-corrected chi connectivity index (χ3v) is 6.72. The van der Waals surface area contributed by atoms with Crippen LogP contribution in [0.3, 0.4) is 0 Å². The van der Waals surface area contributed by atoms with Crippen molar-refractivity contribution < 1.29 is 9.84 Å². The average Bonchev–Trinajstić information content (AvgIpc) is 3.14. The van der Waals surface area contributed by atoms with Crippen molar-refractivity contribution in [1.82, 2.24) is 20.3 Å². The number of benzene rings is 2. The highest BCUT2D eigenvalue weighted by atomic mass is 35.5. The van der Waals surface area contributed by atoms with Gasteiger partial charge in [0.25, 0.3) is 0 Å². The summed E-state index contributed by atoms with van der Waals surface area (Å²) < 4.78 is 5.41. The molecule has 2 aliphatic rings. The van der Waals surface area contributed by atoms with Crippen molar-refractivity contribution in [2.75, 3.05) is 25.1 Å². The molecule has 1 unspecified atom stereocenters. The highest BCUT2D eigenvalue weighted by molar-refractivity contribution is 6.36. The average molecular weight is 448 g/mol. The lowest BCUT2D eigenvalue weighted by Gasteiger charge is -2.34. The number of anilines is 1. The number of hydrogen-bond acceptors (Lipinski definition) is 7. The first-order valence-electron chi connectivity index (χ1n) is 10.7. The molecule has 0 saturated carbocycles. The maximum Gasteiger partial charge on any atom is 0.320 e. The highest BCUT2D eigenvalue weighted by Gasteiger charge is 2.33. The Labute approximate surface area is 190 Å². The fourth-order valence-electron chi connectivity index (χ4n) is 5.00. The quantitative estimate of drug-likeness (QED) is 0.488. The van der Waals surface area contributed by atoms with Gasteiger partial charge in [-0.05, 0) is 48.6 Å². The minimum atomic E-state index is 0.161. The van der Waals surface area contributed by atoms with E-state index in [0.29, 0.717) is 34.5 Å². The summed E-state index contributed by atoms with van der Waals surface area (Å²) in [6, 6.07) is 14.2. The first-order valence-corrected chi connectivity index (χ1v) is 11.1. The summed E-state index contributed by atoms with van der Waals surface area (Å²) in [4.78, 5) is 16.4. The van der Waals surface area contributed by atoms with Gasteiger partial charge in [-0.15, -0.1) is 0 Å². The lowest BCUT2D eigenvalue weighted by Crippen LogP contribution is -2.51. The zero-order valence-electron chi connectivity index (χ0n) is 17.5. The van der Waals surface area contributed by atoms with E-state index < -0.39 is 0 Å². The minimum Gasteiger partial charge on any atom is -0.508 e. The Morgan fingerprint density at radius 1 is 1.06 bits per heavy atom. The van der Waals surface area contributed by atoms with Crippen LogP contribution in [0.2, 0.25) is 5.02 Å². The van der Waals surface area contributed by atoms with Crippen LogP contribution in [0, 0.1) is 0 Å². The second-order valence-corrected chi connectivity index (χ2v) is 8.88. The molecular weight excluding hydrogens is 426 g/mol. The van der Waals surface area contributed by atoms with Gasteiger partial charge < -0.3 is 20.1 Å². The van der Waals surface area contributed by atoms with E-state index in [2.05, 4.69) is 20.2 Å². The van der Waals surface area contributed by atoms with Crippen LogP contribution in [-0.2, 0) is 0 Å².